The van der Waals surface area contributed by atoms with Crippen LogP contribution in [0.1, 0.15) is 29.5 Å². The number of nitro benzene ring substituents is 1. The van der Waals surface area contributed by atoms with Crippen LogP contribution in [0.4, 0.5) is 11.4 Å². The second-order valence-electron chi connectivity index (χ2n) is 9.44. The molecular formula is C28H32N4O6S. The zero-order chi connectivity index (χ0) is 28.0. The van der Waals surface area contributed by atoms with Crippen LogP contribution in [-0.2, 0) is 27.9 Å². The van der Waals surface area contributed by atoms with Crippen LogP contribution in [0.5, 0.6) is 5.75 Å². The van der Waals surface area contributed by atoms with E-state index in [-0.39, 0.29) is 22.8 Å². The van der Waals surface area contributed by atoms with Crippen molar-refractivity contribution in [3.63, 3.8) is 0 Å². The Morgan fingerprint density at radius 3 is 2.36 bits per heavy atom. The fraction of sp³-hybridized carbons (Fsp3) is 0.321. The Labute approximate surface area is 228 Å². The summed E-state index contributed by atoms with van der Waals surface area (Å²) in [6, 6.07) is 17.8. The van der Waals surface area contributed by atoms with Gasteiger partial charge in [-0.25, -0.2) is 8.42 Å². The number of amides is 1. The van der Waals surface area contributed by atoms with E-state index in [0.29, 0.717) is 11.3 Å². The third-order valence-corrected chi connectivity index (χ3v) is 8.57. The zero-order valence-corrected chi connectivity index (χ0v) is 22.8. The molecule has 0 aliphatic carbocycles. The number of nitro groups is 1. The molecule has 1 N–H and O–H groups in total. The first-order valence-electron chi connectivity index (χ1n) is 12.7. The van der Waals surface area contributed by atoms with Gasteiger partial charge in [-0.05, 0) is 74.3 Å². The first-order valence-corrected chi connectivity index (χ1v) is 14.1. The van der Waals surface area contributed by atoms with Crippen LogP contribution in [0.15, 0.2) is 71.6 Å². The lowest BCUT2D eigenvalue weighted by atomic mass is 10.1. The van der Waals surface area contributed by atoms with Crippen LogP contribution < -0.4 is 14.4 Å². The van der Waals surface area contributed by atoms with Crippen molar-refractivity contribution >= 4 is 27.3 Å². The molecule has 3 aromatic carbocycles. The maximum absolute atomic E-state index is 13.7. The zero-order valence-electron chi connectivity index (χ0n) is 22.0. The third-order valence-electron chi connectivity index (χ3n) is 6.80. The van der Waals surface area contributed by atoms with Crippen LogP contribution in [0.2, 0.25) is 0 Å². The molecule has 10 nitrogen and oxygen atoms in total. The van der Waals surface area contributed by atoms with E-state index < -0.39 is 27.4 Å². The van der Waals surface area contributed by atoms with Crippen LogP contribution in [0.3, 0.4) is 0 Å². The largest absolute Gasteiger partial charge is 0.497 e. The van der Waals surface area contributed by atoms with E-state index in [9.17, 15) is 23.3 Å². The average molecular weight is 553 g/mol. The highest BCUT2D eigenvalue weighted by atomic mass is 32.2. The molecule has 0 spiro atoms. The number of benzene rings is 3. The Morgan fingerprint density at radius 2 is 1.72 bits per heavy atom. The van der Waals surface area contributed by atoms with E-state index in [1.54, 1.807) is 12.1 Å². The molecule has 39 heavy (non-hydrogen) atoms. The SMILES string of the molecule is COc1ccc(N(CC(=O)NCc2ccccc2CN2CCCC2)S(=O)(=O)c2ccc(C)c([N+](=O)[O-])c2)cc1. The van der Waals surface area contributed by atoms with Crippen LogP contribution in [0, 0.1) is 17.0 Å². The summed E-state index contributed by atoms with van der Waals surface area (Å²) in [7, 11) is -2.84. The number of anilines is 1. The van der Waals surface area contributed by atoms with Gasteiger partial charge in [-0.2, -0.15) is 0 Å². The smallest absolute Gasteiger partial charge is 0.273 e. The van der Waals surface area contributed by atoms with Crippen LogP contribution in [-0.4, -0.2) is 50.9 Å². The standard InChI is InChI=1S/C28H32N4O6S/c1-21-9-14-26(17-27(21)32(34)35)39(36,37)31(24-10-12-25(38-2)13-11-24)20-28(33)29-18-22-7-3-4-8-23(22)19-30-15-5-6-16-30/h3-4,7-14,17H,5-6,15-16,18-20H2,1-2H3,(H,29,33). The molecule has 1 fully saturated rings. The Balaban J connectivity index is 1.57. The number of carbonyl (C=O) groups excluding carboxylic acids is 1. The molecule has 4 rings (SSSR count). The second-order valence-corrected chi connectivity index (χ2v) is 11.3. The van der Waals surface area contributed by atoms with Gasteiger partial charge in [-0.1, -0.05) is 30.3 Å². The van der Waals surface area contributed by atoms with Gasteiger partial charge in [0, 0.05) is 24.7 Å². The fourth-order valence-corrected chi connectivity index (χ4v) is 6.02. The maximum atomic E-state index is 13.7. The Hall–Kier alpha value is -3.96. The number of nitrogens with one attached hydrogen (secondary N) is 1. The molecule has 0 bridgehead atoms. The van der Waals surface area contributed by atoms with Gasteiger partial charge in [0.2, 0.25) is 5.91 Å². The summed E-state index contributed by atoms with van der Waals surface area (Å²) in [5.41, 5.74) is 2.32. The minimum Gasteiger partial charge on any atom is -0.497 e. The van der Waals surface area contributed by atoms with Gasteiger partial charge < -0.3 is 10.1 Å². The lowest BCUT2D eigenvalue weighted by Crippen LogP contribution is -2.40. The predicted octanol–water partition coefficient (Wildman–Crippen LogP) is 4.02. The van der Waals surface area contributed by atoms with E-state index in [1.807, 2.05) is 24.3 Å². The highest BCUT2D eigenvalue weighted by Gasteiger charge is 2.29. The first-order chi connectivity index (χ1) is 18.7. The van der Waals surface area contributed by atoms with Crippen molar-refractivity contribution in [3.8, 4) is 5.75 Å². The number of aryl methyl sites for hydroxylation is 1. The van der Waals surface area contributed by atoms with Crippen molar-refractivity contribution in [2.45, 2.75) is 37.8 Å². The quantitative estimate of drug-likeness (QED) is 0.282. The molecule has 11 heteroatoms. The first kappa shape index (κ1) is 28.1. The van der Waals surface area contributed by atoms with E-state index in [0.717, 1.165) is 41.1 Å². The number of sulfonamides is 1. The Bertz CT molecular complexity index is 1440. The molecule has 3 aromatic rings. The van der Waals surface area contributed by atoms with Crippen LogP contribution in [0.25, 0.3) is 0 Å². The van der Waals surface area contributed by atoms with E-state index in [2.05, 4.69) is 10.2 Å². The summed E-state index contributed by atoms with van der Waals surface area (Å²) in [4.78, 5) is 26.1. The number of carbonyl (C=O) groups is 1. The lowest BCUT2D eigenvalue weighted by Gasteiger charge is -2.24. The monoisotopic (exact) mass is 552 g/mol. The number of hydrogen-bond donors (Lipinski definition) is 1. The summed E-state index contributed by atoms with van der Waals surface area (Å²) in [6.45, 7) is 4.16. The lowest BCUT2D eigenvalue weighted by molar-refractivity contribution is -0.385. The number of ether oxygens (including phenoxy) is 1. The normalized spacial score (nSPS) is 13.7. The third kappa shape index (κ3) is 6.73. The summed E-state index contributed by atoms with van der Waals surface area (Å²) in [5, 5.41) is 14.3. The minimum absolute atomic E-state index is 0.226. The number of likely N-dealkylation sites (tertiary alicyclic amines) is 1. The highest BCUT2D eigenvalue weighted by Crippen LogP contribution is 2.29. The summed E-state index contributed by atoms with van der Waals surface area (Å²) in [6.07, 6.45) is 2.36. The summed E-state index contributed by atoms with van der Waals surface area (Å²) < 4.78 is 33.6. The van der Waals surface area contributed by atoms with Crippen molar-refractivity contribution in [1.29, 1.82) is 0 Å². The van der Waals surface area contributed by atoms with Crippen molar-refractivity contribution in [2.24, 2.45) is 0 Å². The summed E-state index contributed by atoms with van der Waals surface area (Å²) >= 11 is 0. The molecule has 1 amide bonds. The molecule has 1 heterocycles. The number of rotatable bonds is 11. The topological polar surface area (TPSA) is 122 Å². The Kier molecular flexibility index (Phi) is 8.82. The van der Waals surface area contributed by atoms with Crippen molar-refractivity contribution < 1.29 is 22.9 Å². The van der Waals surface area contributed by atoms with E-state index in [1.165, 1.54) is 51.1 Å². The molecule has 0 saturated carbocycles. The molecule has 1 aliphatic rings. The second kappa shape index (κ2) is 12.3. The van der Waals surface area contributed by atoms with Gasteiger partial charge >= 0.3 is 0 Å². The molecule has 206 valence electrons. The Morgan fingerprint density at radius 1 is 1.05 bits per heavy atom. The van der Waals surface area contributed by atoms with E-state index >= 15 is 0 Å². The van der Waals surface area contributed by atoms with Gasteiger partial charge in [-0.3, -0.25) is 24.1 Å². The van der Waals surface area contributed by atoms with Gasteiger partial charge in [-0.15, -0.1) is 0 Å². The average Bonchev–Trinajstić information content (AvgIpc) is 3.44. The van der Waals surface area contributed by atoms with Crippen molar-refractivity contribution in [3.05, 3.63) is 93.5 Å². The molecular weight excluding hydrogens is 520 g/mol. The molecule has 0 atom stereocenters. The maximum Gasteiger partial charge on any atom is 0.273 e. The molecule has 1 saturated heterocycles. The molecule has 1 aliphatic heterocycles. The number of methoxy groups -OCH3 is 1. The minimum atomic E-state index is -4.33. The van der Waals surface area contributed by atoms with Crippen LogP contribution >= 0.6 is 0 Å². The number of nitrogens with zero attached hydrogens (tertiary/aromatic N) is 3. The number of hydrogen-bond acceptors (Lipinski definition) is 7. The van der Waals surface area contributed by atoms with Gasteiger partial charge in [0.25, 0.3) is 15.7 Å². The van der Waals surface area contributed by atoms with Gasteiger partial charge in [0.1, 0.15) is 12.3 Å². The van der Waals surface area contributed by atoms with Gasteiger partial charge in [0.05, 0.1) is 22.6 Å². The molecule has 0 aromatic heterocycles. The van der Waals surface area contributed by atoms with Gasteiger partial charge in [0.15, 0.2) is 0 Å². The highest BCUT2D eigenvalue weighted by molar-refractivity contribution is 7.92. The molecule has 0 unspecified atom stereocenters. The predicted molar refractivity (Wildman–Crippen MR) is 148 cm³/mol. The van der Waals surface area contributed by atoms with E-state index in [4.69, 9.17) is 4.74 Å². The van der Waals surface area contributed by atoms with Crippen molar-refractivity contribution in [1.82, 2.24) is 10.2 Å². The molecule has 0 radical (unpaired) electrons. The summed E-state index contributed by atoms with van der Waals surface area (Å²) in [5.74, 6) is 0.00751. The fourth-order valence-electron chi connectivity index (χ4n) is 4.58. The van der Waals surface area contributed by atoms with Crippen molar-refractivity contribution in [2.75, 3.05) is 31.0 Å².